The summed E-state index contributed by atoms with van der Waals surface area (Å²) in [5.74, 6) is 0.448. The number of ketones is 2. The van der Waals surface area contributed by atoms with Gasteiger partial charge in [-0.3, -0.25) is 9.59 Å². The number of phenols is 1. The summed E-state index contributed by atoms with van der Waals surface area (Å²) in [7, 11) is 1.51. The summed E-state index contributed by atoms with van der Waals surface area (Å²) in [6, 6.07) is 16.1. The van der Waals surface area contributed by atoms with Crippen molar-refractivity contribution in [3.05, 3.63) is 82.9 Å². The lowest BCUT2D eigenvalue weighted by molar-refractivity contribution is -0.124. The van der Waals surface area contributed by atoms with Crippen LogP contribution in [0.3, 0.4) is 0 Å². The van der Waals surface area contributed by atoms with E-state index in [9.17, 15) is 14.7 Å². The van der Waals surface area contributed by atoms with E-state index in [-0.39, 0.29) is 29.7 Å². The number of phenolic OH excluding ortho intramolecular Hbond substituents is 1. The van der Waals surface area contributed by atoms with Crippen LogP contribution in [-0.2, 0) is 16.0 Å². The second-order valence-electron chi connectivity index (χ2n) is 8.90. The minimum atomic E-state index is -0.218. The van der Waals surface area contributed by atoms with Gasteiger partial charge in [0.15, 0.2) is 17.3 Å². The van der Waals surface area contributed by atoms with Crippen molar-refractivity contribution >= 4 is 34.5 Å². The molecule has 0 unspecified atom stereocenters. The van der Waals surface area contributed by atoms with Gasteiger partial charge < -0.3 is 9.84 Å². The summed E-state index contributed by atoms with van der Waals surface area (Å²) in [5.41, 5.74) is 3.63. The Morgan fingerprint density at radius 3 is 2.62 bits per heavy atom. The summed E-state index contributed by atoms with van der Waals surface area (Å²) in [5, 5.41) is 13.1. The lowest BCUT2D eigenvalue weighted by Crippen LogP contribution is -2.07. The zero-order chi connectivity index (χ0) is 24.1. The van der Waals surface area contributed by atoms with Gasteiger partial charge >= 0.3 is 0 Å². The normalized spacial score (nSPS) is 18.9. The van der Waals surface area contributed by atoms with Crippen LogP contribution in [0.2, 0.25) is 0 Å². The number of hydrogen-bond acceptors (Lipinski definition) is 4. The van der Waals surface area contributed by atoms with E-state index in [2.05, 4.69) is 43.3 Å². The number of Topliss-reactive ketones (excluding diaryl/α,β-unsaturated/α-hetero) is 1. The van der Waals surface area contributed by atoms with Gasteiger partial charge in [0.25, 0.3) is 0 Å². The van der Waals surface area contributed by atoms with Crippen molar-refractivity contribution < 1.29 is 19.4 Å². The van der Waals surface area contributed by atoms with E-state index < -0.39 is 0 Å². The first kappa shape index (κ1) is 23.5. The Morgan fingerprint density at radius 1 is 1.00 bits per heavy atom. The molecule has 1 atom stereocenters. The van der Waals surface area contributed by atoms with Gasteiger partial charge in [-0.2, -0.15) is 0 Å². The fourth-order valence-corrected chi connectivity index (χ4v) is 4.49. The van der Waals surface area contributed by atoms with E-state index >= 15 is 0 Å². The fourth-order valence-electron chi connectivity index (χ4n) is 4.49. The summed E-state index contributed by atoms with van der Waals surface area (Å²) >= 11 is 0. The van der Waals surface area contributed by atoms with Crippen LogP contribution >= 0.6 is 0 Å². The molecule has 3 aromatic carbocycles. The van der Waals surface area contributed by atoms with E-state index in [1.165, 1.54) is 13.2 Å². The Bertz CT molecular complexity index is 1280. The van der Waals surface area contributed by atoms with Crippen molar-refractivity contribution in [3.63, 3.8) is 0 Å². The van der Waals surface area contributed by atoms with E-state index in [0.717, 1.165) is 40.3 Å². The molecule has 4 rings (SSSR count). The maximum atomic E-state index is 12.4. The molecule has 0 heterocycles. The van der Waals surface area contributed by atoms with Gasteiger partial charge in [0.2, 0.25) is 0 Å². The number of ether oxygens (including phenoxy) is 1. The Hall–Kier alpha value is -3.66. The minimum absolute atomic E-state index is 0.0396. The van der Waals surface area contributed by atoms with Crippen LogP contribution in [0.4, 0.5) is 0 Å². The monoisotopic (exact) mass is 454 g/mol. The molecule has 0 aliphatic heterocycles. The number of fused-ring (bicyclic) bond motifs is 6. The second-order valence-corrected chi connectivity index (χ2v) is 8.90. The molecule has 0 aromatic heterocycles. The number of hydrogen-bond donors (Lipinski definition) is 1. The standard InChI is InChI=1S/C30H30O4/c1-3-20-8-11-24-16-22(15-23-6-4-5-7-28(23)24)17-25-14-21(18-29(34-2)30(25)33)10-13-27(32)19-26(31)12-9-20/h4-8,10-11,13-16,18,20,33H,3,9,12,17,19H2,1-2H3/b11-8-,13-10+/t20-/m0/s1. The van der Waals surface area contributed by atoms with Gasteiger partial charge in [-0.05, 0) is 64.4 Å². The summed E-state index contributed by atoms with van der Waals surface area (Å²) in [6.45, 7) is 2.12. The smallest absolute Gasteiger partial charge is 0.163 e. The molecule has 34 heavy (non-hydrogen) atoms. The molecule has 0 saturated heterocycles. The molecule has 1 aliphatic rings. The van der Waals surface area contributed by atoms with Gasteiger partial charge in [-0.15, -0.1) is 0 Å². The zero-order valence-electron chi connectivity index (χ0n) is 19.7. The predicted molar refractivity (Wildman–Crippen MR) is 137 cm³/mol. The third kappa shape index (κ3) is 5.45. The van der Waals surface area contributed by atoms with Crippen molar-refractivity contribution in [3.8, 4) is 11.5 Å². The molecule has 4 heteroatoms. The number of carbonyl (C=O) groups excluding carboxylic acids is 2. The molecule has 0 spiro atoms. The molecule has 0 radical (unpaired) electrons. The Balaban J connectivity index is 1.85. The van der Waals surface area contributed by atoms with Crippen LogP contribution in [0.25, 0.3) is 22.9 Å². The number of benzene rings is 3. The van der Waals surface area contributed by atoms with E-state index in [1.807, 2.05) is 18.2 Å². The zero-order valence-corrected chi connectivity index (χ0v) is 19.7. The Kier molecular flexibility index (Phi) is 7.27. The molecule has 174 valence electrons. The van der Waals surface area contributed by atoms with Crippen molar-refractivity contribution in [2.24, 2.45) is 5.92 Å². The predicted octanol–water partition coefficient (Wildman–Crippen LogP) is 6.52. The third-order valence-corrected chi connectivity index (χ3v) is 6.44. The average Bonchev–Trinajstić information content (AvgIpc) is 2.83. The Labute approximate surface area is 200 Å². The largest absolute Gasteiger partial charge is 0.504 e. The van der Waals surface area contributed by atoms with Gasteiger partial charge in [0, 0.05) is 18.4 Å². The first-order valence-corrected chi connectivity index (χ1v) is 11.8. The SMILES string of the molecule is CC[C@H]1/C=C\c2cc(cc3ccccc23)Cc2cc(cc(OC)c2O)/C=C/C(=O)CC(=O)CC1. The summed E-state index contributed by atoms with van der Waals surface area (Å²) in [4.78, 5) is 24.8. The molecule has 3 aromatic rings. The highest BCUT2D eigenvalue weighted by atomic mass is 16.5. The van der Waals surface area contributed by atoms with Gasteiger partial charge in [-0.25, -0.2) is 0 Å². The topological polar surface area (TPSA) is 63.6 Å². The summed E-state index contributed by atoms with van der Waals surface area (Å²) < 4.78 is 5.38. The highest BCUT2D eigenvalue weighted by molar-refractivity contribution is 6.06. The maximum Gasteiger partial charge on any atom is 0.163 e. The molecule has 1 N–H and O–H groups in total. The van der Waals surface area contributed by atoms with E-state index in [4.69, 9.17) is 4.74 Å². The number of carbonyl (C=O) groups is 2. The lowest BCUT2D eigenvalue weighted by Gasteiger charge is -2.13. The lowest BCUT2D eigenvalue weighted by atomic mass is 9.93. The van der Waals surface area contributed by atoms with Gasteiger partial charge in [0.05, 0.1) is 13.5 Å². The first-order chi connectivity index (χ1) is 16.5. The van der Waals surface area contributed by atoms with Crippen molar-refractivity contribution in [2.75, 3.05) is 7.11 Å². The molecule has 0 amide bonds. The quantitative estimate of drug-likeness (QED) is 0.448. The third-order valence-electron chi connectivity index (χ3n) is 6.44. The fraction of sp³-hybridized carbons (Fsp3) is 0.267. The molecular weight excluding hydrogens is 424 g/mol. The highest BCUT2D eigenvalue weighted by Crippen LogP contribution is 2.34. The average molecular weight is 455 g/mol. The highest BCUT2D eigenvalue weighted by Gasteiger charge is 2.14. The maximum absolute atomic E-state index is 12.4. The number of allylic oxidation sites excluding steroid dienone is 2. The van der Waals surface area contributed by atoms with Gasteiger partial charge in [0.1, 0.15) is 5.78 Å². The van der Waals surface area contributed by atoms with Crippen LogP contribution in [-0.4, -0.2) is 23.8 Å². The minimum Gasteiger partial charge on any atom is -0.504 e. The number of aromatic hydroxyl groups is 1. The second kappa shape index (κ2) is 10.5. The first-order valence-electron chi connectivity index (χ1n) is 11.8. The van der Waals surface area contributed by atoms with E-state index in [0.29, 0.717) is 24.2 Å². The molecule has 1 aliphatic carbocycles. The van der Waals surface area contributed by atoms with Crippen molar-refractivity contribution in [1.82, 2.24) is 0 Å². The molecule has 0 fully saturated rings. The van der Waals surface area contributed by atoms with Crippen LogP contribution < -0.4 is 4.74 Å². The molecular formula is C30H30O4. The van der Waals surface area contributed by atoms with Crippen molar-refractivity contribution in [1.29, 1.82) is 0 Å². The van der Waals surface area contributed by atoms with E-state index in [1.54, 1.807) is 12.1 Å². The van der Waals surface area contributed by atoms with Crippen LogP contribution in [0.5, 0.6) is 11.5 Å². The van der Waals surface area contributed by atoms with Crippen LogP contribution in [0.1, 0.15) is 54.9 Å². The van der Waals surface area contributed by atoms with Crippen molar-refractivity contribution in [2.45, 2.75) is 39.0 Å². The summed E-state index contributed by atoms with van der Waals surface area (Å²) in [6.07, 6.45) is 9.91. The van der Waals surface area contributed by atoms with Gasteiger partial charge in [-0.1, -0.05) is 61.5 Å². The number of methoxy groups -OCH3 is 1. The number of rotatable bonds is 2. The Morgan fingerprint density at radius 2 is 1.82 bits per heavy atom. The molecule has 4 bridgehead atoms. The molecule has 0 saturated carbocycles. The van der Waals surface area contributed by atoms with Crippen LogP contribution in [0.15, 0.2) is 60.7 Å². The van der Waals surface area contributed by atoms with Crippen LogP contribution in [0, 0.1) is 5.92 Å². The molecule has 4 nitrogen and oxygen atoms in total.